The Bertz CT molecular complexity index is 794. The summed E-state index contributed by atoms with van der Waals surface area (Å²) in [5.41, 5.74) is 1.94. The van der Waals surface area contributed by atoms with Crippen molar-refractivity contribution in [1.82, 2.24) is 4.90 Å². The number of nitrogens with zero attached hydrogens (tertiary/aromatic N) is 1. The van der Waals surface area contributed by atoms with Crippen LogP contribution >= 0.6 is 0 Å². The number of aryl methyl sites for hydroxylation is 1. The summed E-state index contributed by atoms with van der Waals surface area (Å²) < 4.78 is 16.5. The zero-order valence-electron chi connectivity index (χ0n) is 16.6. The van der Waals surface area contributed by atoms with Gasteiger partial charge in [0.05, 0.1) is 13.2 Å². The summed E-state index contributed by atoms with van der Waals surface area (Å²) in [5, 5.41) is 3.00. The van der Waals surface area contributed by atoms with E-state index >= 15 is 0 Å². The Kier molecular flexibility index (Phi) is 7.14. The van der Waals surface area contributed by atoms with Crippen LogP contribution in [0.15, 0.2) is 42.5 Å². The maximum atomic E-state index is 12.4. The van der Waals surface area contributed by atoms with E-state index in [4.69, 9.17) is 14.2 Å². The SMILES string of the molecule is CCCN(CCCOc1ccc2c(c1)OCO2)CC(=O)Nc1ccccc1C. The largest absolute Gasteiger partial charge is 0.493 e. The summed E-state index contributed by atoms with van der Waals surface area (Å²) in [7, 11) is 0. The molecule has 0 aliphatic carbocycles. The van der Waals surface area contributed by atoms with E-state index in [0.29, 0.717) is 13.2 Å². The summed E-state index contributed by atoms with van der Waals surface area (Å²) in [5.74, 6) is 2.25. The summed E-state index contributed by atoms with van der Waals surface area (Å²) in [6.45, 7) is 7.02. The lowest BCUT2D eigenvalue weighted by atomic mass is 10.2. The molecular weight excluding hydrogens is 356 g/mol. The predicted octanol–water partition coefficient (Wildman–Crippen LogP) is 3.84. The highest BCUT2D eigenvalue weighted by atomic mass is 16.7. The molecule has 0 atom stereocenters. The van der Waals surface area contributed by atoms with Crippen molar-refractivity contribution in [3.05, 3.63) is 48.0 Å². The van der Waals surface area contributed by atoms with Crippen molar-refractivity contribution in [2.75, 3.05) is 38.4 Å². The smallest absolute Gasteiger partial charge is 0.238 e. The van der Waals surface area contributed by atoms with E-state index in [1.54, 1.807) is 0 Å². The minimum atomic E-state index is 0.0134. The quantitative estimate of drug-likeness (QED) is 0.631. The molecule has 0 radical (unpaired) electrons. The lowest BCUT2D eigenvalue weighted by Gasteiger charge is -2.21. The van der Waals surface area contributed by atoms with Crippen LogP contribution in [0, 0.1) is 6.92 Å². The van der Waals surface area contributed by atoms with Crippen molar-refractivity contribution in [3.63, 3.8) is 0 Å². The zero-order valence-corrected chi connectivity index (χ0v) is 16.6. The number of benzene rings is 2. The van der Waals surface area contributed by atoms with Gasteiger partial charge in [-0.1, -0.05) is 25.1 Å². The Morgan fingerprint density at radius 1 is 1.14 bits per heavy atom. The number of hydrogen-bond donors (Lipinski definition) is 1. The molecule has 0 saturated carbocycles. The second-order valence-electron chi connectivity index (χ2n) is 6.86. The third-order valence-corrected chi connectivity index (χ3v) is 4.56. The number of ether oxygens (including phenoxy) is 3. The van der Waals surface area contributed by atoms with Crippen LogP contribution < -0.4 is 19.5 Å². The Hall–Kier alpha value is -2.73. The molecule has 0 fully saturated rings. The summed E-state index contributed by atoms with van der Waals surface area (Å²) in [4.78, 5) is 14.6. The third-order valence-electron chi connectivity index (χ3n) is 4.56. The first-order valence-corrected chi connectivity index (χ1v) is 9.76. The van der Waals surface area contributed by atoms with Gasteiger partial charge < -0.3 is 19.5 Å². The fraction of sp³-hybridized carbons (Fsp3) is 0.409. The van der Waals surface area contributed by atoms with Crippen LogP contribution in [0.25, 0.3) is 0 Å². The molecule has 0 saturated heterocycles. The molecule has 0 aromatic heterocycles. The van der Waals surface area contributed by atoms with Crippen LogP contribution in [-0.2, 0) is 4.79 Å². The van der Waals surface area contributed by atoms with Crippen molar-refractivity contribution in [2.45, 2.75) is 26.7 Å². The number of nitrogens with one attached hydrogen (secondary N) is 1. The Morgan fingerprint density at radius 3 is 2.79 bits per heavy atom. The molecule has 150 valence electrons. The zero-order chi connectivity index (χ0) is 19.8. The second kappa shape index (κ2) is 9.99. The lowest BCUT2D eigenvalue weighted by Crippen LogP contribution is -2.35. The maximum absolute atomic E-state index is 12.4. The van der Waals surface area contributed by atoms with Crippen LogP contribution in [0.3, 0.4) is 0 Å². The number of amides is 1. The van der Waals surface area contributed by atoms with Gasteiger partial charge in [0.2, 0.25) is 12.7 Å². The van der Waals surface area contributed by atoms with E-state index in [1.165, 1.54) is 0 Å². The molecule has 0 spiro atoms. The molecule has 0 bridgehead atoms. The van der Waals surface area contributed by atoms with Gasteiger partial charge in [-0.25, -0.2) is 0 Å². The van der Waals surface area contributed by atoms with Crippen LogP contribution in [0.5, 0.6) is 17.2 Å². The highest BCUT2D eigenvalue weighted by Gasteiger charge is 2.14. The van der Waals surface area contributed by atoms with E-state index in [0.717, 1.165) is 54.4 Å². The maximum Gasteiger partial charge on any atom is 0.238 e. The predicted molar refractivity (Wildman–Crippen MR) is 109 cm³/mol. The van der Waals surface area contributed by atoms with Crippen LogP contribution in [-0.4, -0.2) is 43.8 Å². The van der Waals surface area contributed by atoms with Crippen molar-refractivity contribution < 1.29 is 19.0 Å². The molecular formula is C22H28N2O4. The highest BCUT2D eigenvalue weighted by molar-refractivity contribution is 5.92. The van der Waals surface area contributed by atoms with Gasteiger partial charge in [0.1, 0.15) is 5.75 Å². The van der Waals surface area contributed by atoms with E-state index in [-0.39, 0.29) is 12.7 Å². The van der Waals surface area contributed by atoms with Crippen molar-refractivity contribution in [3.8, 4) is 17.2 Å². The molecule has 1 amide bonds. The minimum Gasteiger partial charge on any atom is -0.493 e. The number of para-hydroxylation sites is 1. The third kappa shape index (κ3) is 5.63. The first-order valence-electron chi connectivity index (χ1n) is 9.76. The van der Waals surface area contributed by atoms with Gasteiger partial charge in [0, 0.05) is 18.3 Å². The van der Waals surface area contributed by atoms with Crippen LogP contribution in [0.2, 0.25) is 0 Å². The van der Waals surface area contributed by atoms with Gasteiger partial charge in [-0.2, -0.15) is 0 Å². The van der Waals surface area contributed by atoms with Crippen LogP contribution in [0.1, 0.15) is 25.3 Å². The van der Waals surface area contributed by atoms with Gasteiger partial charge in [-0.05, 0) is 50.1 Å². The summed E-state index contributed by atoms with van der Waals surface area (Å²) >= 11 is 0. The average Bonchev–Trinajstić information content (AvgIpc) is 3.15. The Morgan fingerprint density at radius 2 is 1.96 bits per heavy atom. The van der Waals surface area contributed by atoms with E-state index in [9.17, 15) is 4.79 Å². The first-order chi connectivity index (χ1) is 13.7. The van der Waals surface area contributed by atoms with E-state index in [2.05, 4.69) is 17.1 Å². The average molecular weight is 384 g/mol. The van der Waals surface area contributed by atoms with Gasteiger partial charge in [-0.3, -0.25) is 9.69 Å². The molecule has 0 unspecified atom stereocenters. The van der Waals surface area contributed by atoms with Gasteiger partial charge >= 0.3 is 0 Å². The molecule has 1 aliphatic heterocycles. The fourth-order valence-corrected chi connectivity index (χ4v) is 3.14. The number of rotatable bonds is 10. The molecule has 1 N–H and O–H groups in total. The molecule has 2 aromatic rings. The molecule has 6 heteroatoms. The lowest BCUT2D eigenvalue weighted by molar-refractivity contribution is -0.117. The number of carbonyl (C=O) groups excluding carboxylic acids is 1. The van der Waals surface area contributed by atoms with Gasteiger partial charge in [0.25, 0.3) is 0 Å². The second-order valence-corrected chi connectivity index (χ2v) is 6.86. The Labute approximate surface area is 166 Å². The van der Waals surface area contributed by atoms with Crippen molar-refractivity contribution in [2.24, 2.45) is 0 Å². The monoisotopic (exact) mass is 384 g/mol. The molecule has 3 rings (SSSR count). The number of carbonyl (C=O) groups is 1. The topological polar surface area (TPSA) is 60.0 Å². The number of hydrogen-bond acceptors (Lipinski definition) is 5. The molecule has 6 nitrogen and oxygen atoms in total. The minimum absolute atomic E-state index is 0.0134. The standard InChI is InChI=1S/C22H28N2O4/c1-3-11-24(15-22(25)23-19-8-5-4-7-17(19)2)12-6-13-26-18-9-10-20-21(14-18)28-16-27-20/h4-5,7-10,14H,3,6,11-13,15-16H2,1-2H3,(H,23,25). The van der Waals surface area contributed by atoms with Gasteiger partial charge in [-0.15, -0.1) is 0 Å². The fourth-order valence-electron chi connectivity index (χ4n) is 3.14. The summed E-state index contributed by atoms with van der Waals surface area (Å²) in [6.07, 6.45) is 1.84. The van der Waals surface area contributed by atoms with Crippen molar-refractivity contribution in [1.29, 1.82) is 0 Å². The normalized spacial score (nSPS) is 12.2. The van der Waals surface area contributed by atoms with Crippen LogP contribution in [0.4, 0.5) is 5.69 Å². The Balaban J connectivity index is 1.42. The molecule has 28 heavy (non-hydrogen) atoms. The number of anilines is 1. The molecule has 1 aliphatic rings. The molecule has 2 aromatic carbocycles. The first kappa shape index (κ1) is 20.0. The van der Waals surface area contributed by atoms with E-state index in [1.807, 2.05) is 49.4 Å². The van der Waals surface area contributed by atoms with E-state index < -0.39 is 0 Å². The van der Waals surface area contributed by atoms with Crippen molar-refractivity contribution >= 4 is 11.6 Å². The van der Waals surface area contributed by atoms with Gasteiger partial charge in [0.15, 0.2) is 11.5 Å². The molecule has 1 heterocycles. The highest BCUT2D eigenvalue weighted by Crippen LogP contribution is 2.35. The number of fused-ring (bicyclic) bond motifs is 1. The summed E-state index contributed by atoms with van der Waals surface area (Å²) in [6, 6.07) is 13.4.